The first-order valence-corrected chi connectivity index (χ1v) is 7.32. The molecule has 1 aromatic carbocycles. The summed E-state index contributed by atoms with van der Waals surface area (Å²) in [6.07, 6.45) is 0.898. The Kier molecular flexibility index (Phi) is 6.78. The molecule has 5 nitrogen and oxygen atoms in total. The fourth-order valence-electron chi connectivity index (χ4n) is 1.90. The molecule has 1 aromatic rings. The Morgan fingerprint density at radius 1 is 1.38 bits per heavy atom. The van der Waals surface area contributed by atoms with Gasteiger partial charge in [0.2, 0.25) is 0 Å². The van der Waals surface area contributed by atoms with Gasteiger partial charge in [0.1, 0.15) is 0 Å². The number of carboxylic acids is 1. The van der Waals surface area contributed by atoms with Gasteiger partial charge in [-0.1, -0.05) is 25.4 Å². The van der Waals surface area contributed by atoms with Gasteiger partial charge in [-0.15, -0.1) is 0 Å². The van der Waals surface area contributed by atoms with Crippen molar-refractivity contribution in [1.82, 2.24) is 0 Å². The number of ether oxygens (including phenoxy) is 2. The number of hydrogen-bond donors (Lipinski definition) is 2. The van der Waals surface area contributed by atoms with E-state index in [1.807, 2.05) is 6.92 Å². The molecule has 0 saturated heterocycles. The summed E-state index contributed by atoms with van der Waals surface area (Å²) in [7, 11) is 1.49. The van der Waals surface area contributed by atoms with Gasteiger partial charge in [-0.3, -0.25) is 0 Å². The van der Waals surface area contributed by atoms with Gasteiger partial charge < -0.3 is 20.3 Å². The maximum atomic E-state index is 11.1. The maximum absolute atomic E-state index is 11.1. The minimum Gasteiger partial charge on any atom is -0.493 e. The molecule has 118 valence electrons. The SMILES string of the molecule is CCC(N)Cc1cc(Cl)c(OC(CC)C(=O)O)c(OC)c1. The second-order valence-electron chi connectivity index (χ2n) is 4.83. The van der Waals surface area contributed by atoms with Crippen molar-refractivity contribution < 1.29 is 19.4 Å². The number of rotatable bonds is 8. The highest BCUT2D eigenvalue weighted by molar-refractivity contribution is 6.32. The van der Waals surface area contributed by atoms with Gasteiger partial charge in [0, 0.05) is 6.04 Å². The maximum Gasteiger partial charge on any atom is 0.344 e. The summed E-state index contributed by atoms with van der Waals surface area (Å²) in [5.41, 5.74) is 6.87. The molecule has 0 aromatic heterocycles. The summed E-state index contributed by atoms with van der Waals surface area (Å²) < 4.78 is 10.7. The molecule has 2 unspecified atom stereocenters. The van der Waals surface area contributed by atoms with Gasteiger partial charge in [0.15, 0.2) is 17.6 Å². The number of carboxylic acid groups (broad SMARTS) is 1. The molecule has 2 atom stereocenters. The highest BCUT2D eigenvalue weighted by Crippen LogP contribution is 2.37. The molecule has 6 heteroatoms. The Labute approximate surface area is 130 Å². The Morgan fingerprint density at radius 2 is 2.05 bits per heavy atom. The van der Waals surface area contributed by atoms with E-state index >= 15 is 0 Å². The van der Waals surface area contributed by atoms with Crippen LogP contribution in [0.15, 0.2) is 12.1 Å². The second kappa shape index (κ2) is 8.10. The van der Waals surface area contributed by atoms with Gasteiger partial charge in [-0.25, -0.2) is 4.79 Å². The molecule has 3 N–H and O–H groups in total. The van der Waals surface area contributed by atoms with Gasteiger partial charge in [-0.05, 0) is 37.0 Å². The van der Waals surface area contributed by atoms with Crippen LogP contribution in [0, 0.1) is 0 Å². The first-order valence-electron chi connectivity index (χ1n) is 6.94. The van der Waals surface area contributed by atoms with Crippen LogP contribution >= 0.6 is 11.6 Å². The largest absolute Gasteiger partial charge is 0.493 e. The average Bonchev–Trinajstić information content (AvgIpc) is 2.45. The standard InChI is InChI=1S/C15H22ClNO4/c1-4-10(17)6-9-7-11(16)14(13(8-9)20-3)21-12(5-2)15(18)19/h7-8,10,12H,4-6,17H2,1-3H3,(H,18,19). The Balaban J connectivity index is 3.07. The van der Waals surface area contributed by atoms with E-state index < -0.39 is 12.1 Å². The molecule has 0 aliphatic heterocycles. The van der Waals surface area contributed by atoms with E-state index in [0.717, 1.165) is 12.0 Å². The van der Waals surface area contributed by atoms with Crippen molar-refractivity contribution in [2.24, 2.45) is 5.73 Å². The number of hydrogen-bond acceptors (Lipinski definition) is 4. The normalized spacial score (nSPS) is 13.6. The highest BCUT2D eigenvalue weighted by atomic mass is 35.5. The number of halogens is 1. The average molecular weight is 316 g/mol. The number of benzene rings is 1. The lowest BCUT2D eigenvalue weighted by Gasteiger charge is -2.18. The molecular weight excluding hydrogens is 294 g/mol. The Hall–Kier alpha value is -1.46. The molecule has 0 aliphatic rings. The van der Waals surface area contributed by atoms with Crippen molar-refractivity contribution in [1.29, 1.82) is 0 Å². The third-order valence-corrected chi connectivity index (χ3v) is 3.50. The van der Waals surface area contributed by atoms with E-state index in [2.05, 4.69) is 0 Å². The first-order chi connectivity index (χ1) is 9.92. The molecular formula is C15H22ClNO4. The zero-order valence-corrected chi connectivity index (χ0v) is 13.3. The molecule has 0 fully saturated rings. The summed E-state index contributed by atoms with van der Waals surface area (Å²) in [5, 5.41) is 9.40. The summed E-state index contributed by atoms with van der Waals surface area (Å²) >= 11 is 6.21. The summed E-state index contributed by atoms with van der Waals surface area (Å²) in [6, 6.07) is 3.56. The summed E-state index contributed by atoms with van der Waals surface area (Å²) in [6.45, 7) is 3.74. The lowest BCUT2D eigenvalue weighted by Crippen LogP contribution is -2.26. The highest BCUT2D eigenvalue weighted by Gasteiger charge is 2.21. The molecule has 0 heterocycles. The Morgan fingerprint density at radius 3 is 2.52 bits per heavy atom. The van der Waals surface area contributed by atoms with E-state index in [9.17, 15) is 4.79 Å². The summed E-state index contributed by atoms with van der Waals surface area (Å²) in [4.78, 5) is 11.1. The lowest BCUT2D eigenvalue weighted by molar-refractivity contribution is -0.145. The topological polar surface area (TPSA) is 81.8 Å². The molecule has 21 heavy (non-hydrogen) atoms. The van der Waals surface area contributed by atoms with Crippen LogP contribution in [0.1, 0.15) is 32.3 Å². The molecule has 0 bridgehead atoms. The van der Waals surface area contributed by atoms with Gasteiger partial charge in [-0.2, -0.15) is 0 Å². The van der Waals surface area contributed by atoms with Crippen LogP contribution in [-0.2, 0) is 11.2 Å². The van der Waals surface area contributed by atoms with E-state index in [4.69, 9.17) is 31.9 Å². The van der Waals surface area contributed by atoms with Crippen LogP contribution in [-0.4, -0.2) is 30.3 Å². The minimum absolute atomic E-state index is 0.0416. The third kappa shape index (κ3) is 4.79. The van der Waals surface area contributed by atoms with Crippen molar-refractivity contribution in [3.63, 3.8) is 0 Å². The first kappa shape index (κ1) is 17.6. The number of aliphatic carboxylic acids is 1. The summed E-state index contributed by atoms with van der Waals surface area (Å²) in [5.74, 6) is -0.365. The number of nitrogens with two attached hydrogens (primary N) is 1. The van der Waals surface area contributed by atoms with Gasteiger partial charge in [0.05, 0.1) is 12.1 Å². The van der Waals surface area contributed by atoms with Crippen LogP contribution in [0.5, 0.6) is 11.5 Å². The molecule has 0 spiro atoms. The monoisotopic (exact) mass is 315 g/mol. The van der Waals surface area contributed by atoms with E-state index in [0.29, 0.717) is 23.6 Å². The van der Waals surface area contributed by atoms with Gasteiger partial charge >= 0.3 is 5.97 Å². The van der Waals surface area contributed by atoms with Crippen LogP contribution in [0.4, 0.5) is 0 Å². The molecule has 1 rings (SSSR count). The van der Waals surface area contributed by atoms with Crippen molar-refractivity contribution in [2.45, 2.75) is 45.3 Å². The van der Waals surface area contributed by atoms with Gasteiger partial charge in [0.25, 0.3) is 0 Å². The molecule has 0 saturated carbocycles. The Bertz CT molecular complexity index is 493. The zero-order valence-electron chi connectivity index (χ0n) is 12.6. The van der Waals surface area contributed by atoms with Crippen LogP contribution in [0.3, 0.4) is 0 Å². The molecule has 0 amide bonds. The zero-order chi connectivity index (χ0) is 16.0. The van der Waals surface area contributed by atoms with Crippen molar-refractivity contribution in [3.05, 3.63) is 22.7 Å². The van der Waals surface area contributed by atoms with Crippen LogP contribution < -0.4 is 15.2 Å². The molecule has 0 aliphatic carbocycles. The predicted molar refractivity (Wildman–Crippen MR) is 82.3 cm³/mol. The predicted octanol–water partition coefficient (Wildman–Crippen LogP) is 2.87. The number of methoxy groups -OCH3 is 1. The fourth-order valence-corrected chi connectivity index (χ4v) is 2.18. The minimum atomic E-state index is -1.03. The van der Waals surface area contributed by atoms with E-state index in [1.54, 1.807) is 19.1 Å². The van der Waals surface area contributed by atoms with Crippen LogP contribution in [0.25, 0.3) is 0 Å². The smallest absolute Gasteiger partial charge is 0.344 e. The van der Waals surface area contributed by atoms with Crippen molar-refractivity contribution >= 4 is 17.6 Å². The number of carbonyl (C=O) groups is 1. The second-order valence-corrected chi connectivity index (χ2v) is 5.24. The van der Waals surface area contributed by atoms with Crippen molar-refractivity contribution in [3.8, 4) is 11.5 Å². The fraction of sp³-hybridized carbons (Fsp3) is 0.533. The lowest BCUT2D eigenvalue weighted by atomic mass is 10.0. The van der Waals surface area contributed by atoms with E-state index in [-0.39, 0.29) is 11.8 Å². The quantitative estimate of drug-likeness (QED) is 0.771. The van der Waals surface area contributed by atoms with Crippen molar-refractivity contribution in [2.75, 3.05) is 7.11 Å². The van der Waals surface area contributed by atoms with E-state index in [1.165, 1.54) is 7.11 Å². The third-order valence-electron chi connectivity index (χ3n) is 3.22. The van der Waals surface area contributed by atoms with Crippen LogP contribution in [0.2, 0.25) is 5.02 Å². The molecule has 0 radical (unpaired) electrons.